The molecule has 1 saturated heterocycles. The minimum Gasteiger partial charge on any atom is -0.345 e. The lowest BCUT2D eigenvalue weighted by Gasteiger charge is -2.34. The maximum absolute atomic E-state index is 13.4. The molecule has 2 aliphatic rings. The summed E-state index contributed by atoms with van der Waals surface area (Å²) in [5.41, 5.74) is 2.25. The zero-order chi connectivity index (χ0) is 21.3. The zero-order valence-corrected chi connectivity index (χ0v) is 18.2. The molecule has 1 unspecified atom stereocenters. The smallest absolute Gasteiger partial charge is 0.227 e. The number of aromatic nitrogens is 1. The van der Waals surface area contributed by atoms with Crippen LogP contribution in [-0.4, -0.2) is 47.9 Å². The Labute approximate surface area is 180 Å². The van der Waals surface area contributed by atoms with Crippen molar-refractivity contribution in [2.24, 2.45) is 5.92 Å². The van der Waals surface area contributed by atoms with E-state index >= 15 is 0 Å². The first-order valence-corrected chi connectivity index (χ1v) is 11.3. The van der Waals surface area contributed by atoms with E-state index in [0.29, 0.717) is 24.1 Å². The second-order valence-corrected chi connectivity index (χ2v) is 9.04. The van der Waals surface area contributed by atoms with Gasteiger partial charge in [-0.1, -0.05) is 6.92 Å². The van der Waals surface area contributed by atoms with Gasteiger partial charge in [-0.2, -0.15) is 0 Å². The van der Waals surface area contributed by atoms with E-state index in [-0.39, 0.29) is 23.5 Å². The Morgan fingerprint density at radius 1 is 1.27 bits per heavy atom. The number of carbonyl (C=O) groups excluding carboxylic acids is 2. The molecular weight excluding hydrogens is 403 g/mol. The molecule has 6 nitrogen and oxygen atoms in total. The van der Waals surface area contributed by atoms with Crippen molar-refractivity contribution in [3.05, 3.63) is 40.2 Å². The number of amides is 2. The average Bonchev–Trinajstić information content (AvgIpc) is 3.19. The van der Waals surface area contributed by atoms with Crippen molar-refractivity contribution in [2.45, 2.75) is 39.5 Å². The van der Waals surface area contributed by atoms with Crippen LogP contribution in [-0.2, 0) is 22.4 Å². The lowest BCUT2D eigenvalue weighted by Crippen LogP contribution is -2.48. The van der Waals surface area contributed by atoms with E-state index < -0.39 is 0 Å². The first-order chi connectivity index (χ1) is 14.4. The molecule has 4 rings (SSSR count). The molecule has 1 aliphatic heterocycles. The Morgan fingerprint density at radius 2 is 2.03 bits per heavy atom. The highest BCUT2D eigenvalue weighted by Crippen LogP contribution is 2.35. The molecule has 2 amide bonds. The number of hydrogen-bond acceptors (Lipinski definition) is 5. The van der Waals surface area contributed by atoms with Gasteiger partial charge in [0.15, 0.2) is 5.13 Å². The van der Waals surface area contributed by atoms with Crippen LogP contribution in [0.3, 0.4) is 0 Å². The van der Waals surface area contributed by atoms with E-state index in [4.69, 9.17) is 4.98 Å². The molecule has 1 aliphatic carbocycles. The average molecular weight is 431 g/mol. The summed E-state index contributed by atoms with van der Waals surface area (Å²) in [5, 5.41) is 3.93. The minimum absolute atomic E-state index is 0.0201. The summed E-state index contributed by atoms with van der Waals surface area (Å²) in [6.45, 7) is 6.65. The fraction of sp³-hybridized carbons (Fsp3) is 0.500. The first kappa shape index (κ1) is 20.8. The molecule has 0 bridgehead atoms. The third-order valence-corrected chi connectivity index (χ3v) is 7.11. The van der Waals surface area contributed by atoms with Gasteiger partial charge in [0.05, 0.1) is 5.69 Å². The quantitative estimate of drug-likeness (QED) is 0.808. The lowest BCUT2D eigenvalue weighted by atomic mass is 9.90. The van der Waals surface area contributed by atoms with Gasteiger partial charge in [0, 0.05) is 49.1 Å². The van der Waals surface area contributed by atoms with Crippen LogP contribution in [0, 0.1) is 18.7 Å². The molecule has 1 atom stereocenters. The van der Waals surface area contributed by atoms with Gasteiger partial charge in [0.25, 0.3) is 0 Å². The van der Waals surface area contributed by atoms with Crippen LogP contribution in [0.4, 0.5) is 15.2 Å². The van der Waals surface area contributed by atoms with E-state index in [1.807, 2.05) is 11.8 Å². The number of nitrogens with zero attached hydrogens (tertiary/aromatic N) is 3. The second kappa shape index (κ2) is 8.71. The molecule has 30 heavy (non-hydrogen) atoms. The fourth-order valence-electron chi connectivity index (χ4n) is 4.06. The third-order valence-electron chi connectivity index (χ3n) is 5.93. The van der Waals surface area contributed by atoms with E-state index in [9.17, 15) is 14.0 Å². The summed E-state index contributed by atoms with van der Waals surface area (Å²) in [6.07, 6.45) is 2.79. The number of thiazole rings is 1. The standard InChI is InChI=1S/C22H27FN4O2S/c1-3-20(28)26-8-10-27(11-9-26)22-25-18-7-4-15(13-19(18)30-22)21(29)24-16-5-6-17(23)14(2)12-16/h5-6,12,15H,3-4,7-11,13H2,1-2H3,(H,24,29). The van der Waals surface area contributed by atoms with Gasteiger partial charge >= 0.3 is 0 Å². The van der Waals surface area contributed by atoms with Crippen molar-refractivity contribution >= 4 is 34.0 Å². The monoisotopic (exact) mass is 430 g/mol. The van der Waals surface area contributed by atoms with E-state index in [0.717, 1.165) is 49.8 Å². The molecule has 1 aromatic heterocycles. The molecule has 8 heteroatoms. The zero-order valence-electron chi connectivity index (χ0n) is 17.4. The van der Waals surface area contributed by atoms with Gasteiger partial charge in [-0.05, 0) is 49.9 Å². The van der Waals surface area contributed by atoms with E-state index in [1.165, 1.54) is 10.9 Å². The topological polar surface area (TPSA) is 65.5 Å². The van der Waals surface area contributed by atoms with Gasteiger partial charge in [0.1, 0.15) is 5.82 Å². The van der Waals surface area contributed by atoms with Gasteiger partial charge in [-0.3, -0.25) is 9.59 Å². The number of rotatable bonds is 4. The predicted molar refractivity (Wildman–Crippen MR) is 116 cm³/mol. The highest BCUT2D eigenvalue weighted by atomic mass is 32.1. The van der Waals surface area contributed by atoms with Crippen molar-refractivity contribution in [3.8, 4) is 0 Å². The third kappa shape index (κ3) is 4.33. The van der Waals surface area contributed by atoms with Crippen LogP contribution in [0.1, 0.15) is 35.9 Å². The number of piperazine rings is 1. The summed E-state index contributed by atoms with van der Waals surface area (Å²) in [4.78, 5) is 34.8. The van der Waals surface area contributed by atoms with Crippen LogP contribution >= 0.6 is 11.3 Å². The van der Waals surface area contributed by atoms with Crippen molar-refractivity contribution in [2.75, 3.05) is 36.4 Å². The number of nitrogens with one attached hydrogen (secondary N) is 1. The fourth-order valence-corrected chi connectivity index (χ4v) is 5.30. The Bertz CT molecular complexity index is 953. The molecule has 1 fully saturated rings. The van der Waals surface area contributed by atoms with Crippen molar-refractivity contribution in [1.82, 2.24) is 9.88 Å². The Balaban J connectivity index is 1.37. The maximum atomic E-state index is 13.4. The van der Waals surface area contributed by atoms with Gasteiger partial charge in [-0.15, -0.1) is 11.3 Å². The minimum atomic E-state index is -0.271. The number of fused-ring (bicyclic) bond motifs is 1. The Kier molecular flexibility index (Phi) is 6.04. The molecule has 0 spiro atoms. The number of aryl methyl sites for hydroxylation is 2. The second-order valence-electron chi connectivity index (χ2n) is 7.98. The van der Waals surface area contributed by atoms with Crippen molar-refractivity contribution in [3.63, 3.8) is 0 Å². The molecule has 2 aromatic rings. The number of benzene rings is 1. The van der Waals surface area contributed by atoms with Gasteiger partial charge in [-0.25, -0.2) is 9.37 Å². The van der Waals surface area contributed by atoms with Gasteiger partial charge in [0.2, 0.25) is 11.8 Å². The molecule has 0 saturated carbocycles. The summed E-state index contributed by atoms with van der Waals surface area (Å²) < 4.78 is 13.4. The molecule has 1 aromatic carbocycles. The van der Waals surface area contributed by atoms with E-state index in [2.05, 4.69) is 10.2 Å². The first-order valence-electron chi connectivity index (χ1n) is 10.5. The van der Waals surface area contributed by atoms with Crippen LogP contribution in [0.15, 0.2) is 18.2 Å². The number of anilines is 2. The molecule has 0 radical (unpaired) electrons. The Morgan fingerprint density at radius 3 is 2.73 bits per heavy atom. The lowest BCUT2D eigenvalue weighted by molar-refractivity contribution is -0.131. The summed E-state index contributed by atoms with van der Waals surface area (Å²) >= 11 is 1.67. The van der Waals surface area contributed by atoms with Crippen molar-refractivity contribution in [1.29, 1.82) is 0 Å². The molecule has 1 N–H and O–H groups in total. The van der Waals surface area contributed by atoms with Crippen molar-refractivity contribution < 1.29 is 14.0 Å². The maximum Gasteiger partial charge on any atom is 0.227 e. The predicted octanol–water partition coefficient (Wildman–Crippen LogP) is 3.39. The van der Waals surface area contributed by atoms with Crippen LogP contribution in [0.2, 0.25) is 0 Å². The number of halogens is 1. The highest BCUT2D eigenvalue weighted by Gasteiger charge is 2.29. The normalized spacial score (nSPS) is 18.8. The number of hydrogen-bond donors (Lipinski definition) is 1. The van der Waals surface area contributed by atoms with Crippen LogP contribution in [0.25, 0.3) is 0 Å². The summed E-state index contributed by atoms with van der Waals surface area (Å²) in [6, 6.07) is 4.64. The van der Waals surface area contributed by atoms with Crippen LogP contribution < -0.4 is 10.2 Å². The van der Waals surface area contributed by atoms with Gasteiger partial charge < -0.3 is 15.1 Å². The summed E-state index contributed by atoms with van der Waals surface area (Å²) in [7, 11) is 0. The van der Waals surface area contributed by atoms with E-state index in [1.54, 1.807) is 30.4 Å². The summed E-state index contributed by atoms with van der Waals surface area (Å²) in [5.74, 6) is -0.186. The Hall–Kier alpha value is -2.48. The molecule has 2 heterocycles. The van der Waals surface area contributed by atoms with Crippen LogP contribution in [0.5, 0.6) is 0 Å². The number of carbonyl (C=O) groups is 2. The SMILES string of the molecule is CCC(=O)N1CCN(c2nc3c(s2)CC(C(=O)Nc2ccc(F)c(C)c2)CC3)CC1. The highest BCUT2D eigenvalue weighted by molar-refractivity contribution is 7.15. The molecule has 160 valence electrons. The molecular formula is C22H27FN4O2S. The largest absolute Gasteiger partial charge is 0.345 e.